The average molecular weight is 443 g/mol. The molecule has 0 saturated carbocycles. The summed E-state index contributed by atoms with van der Waals surface area (Å²) in [4.78, 5) is 29.3. The van der Waals surface area contributed by atoms with Crippen LogP contribution >= 0.6 is 0 Å². The number of rotatable bonds is 9. The molecule has 0 fully saturated rings. The summed E-state index contributed by atoms with van der Waals surface area (Å²) in [6.45, 7) is 2.95. The molecule has 0 spiro atoms. The number of hydrogen-bond acceptors (Lipinski definition) is 4. The second kappa shape index (κ2) is 10.5. The minimum Gasteiger partial charge on any atom is -0.486 e. The molecule has 4 aromatic rings. The van der Waals surface area contributed by atoms with E-state index in [0.29, 0.717) is 17.9 Å². The lowest BCUT2D eigenvalue weighted by Crippen LogP contribution is -2.30. The number of benzene rings is 2. The minimum atomic E-state index is -0.285. The number of aromatic nitrogens is 2. The molecule has 2 aromatic carbocycles. The van der Waals surface area contributed by atoms with Gasteiger partial charge >= 0.3 is 0 Å². The highest BCUT2D eigenvalue weighted by atomic mass is 16.5. The van der Waals surface area contributed by atoms with Crippen molar-refractivity contribution < 1.29 is 14.3 Å². The summed E-state index contributed by atoms with van der Waals surface area (Å²) >= 11 is 0. The maximum atomic E-state index is 12.7. The molecule has 7 nitrogen and oxygen atoms in total. The number of amides is 2. The Kier molecular flexibility index (Phi) is 6.99. The van der Waals surface area contributed by atoms with Gasteiger partial charge in [0.15, 0.2) is 0 Å². The van der Waals surface area contributed by atoms with Gasteiger partial charge in [0, 0.05) is 31.9 Å². The van der Waals surface area contributed by atoms with Crippen LogP contribution < -0.4 is 15.4 Å². The van der Waals surface area contributed by atoms with Crippen molar-refractivity contribution in [1.29, 1.82) is 0 Å². The Balaban J connectivity index is 1.29. The van der Waals surface area contributed by atoms with E-state index < -0.39 is 0 Å². The molecule has 7 heteroatoms. The van der Waals surface area contributed by atoms with Crippen LogP contribution in [0.2, 0.25) is 0 Å². The predicted molar refractivity (Wildman–Crippen MR) is 126 cm³/mol. The van der Waals surface area contributed by atoms with Crippen molar-refractivity contribution in [3.8, 4) is 5.75 Å². The van der Waals surface area contributed by atoms with Crippen molar-refractivity contribution in [2.75, 3.05) is 6.54 Å². The molecule has 0 radical (unpaired) electrons. The average Bonchev–Trinajstić information content (AvgIpc) is 3.27. The molecule has 168 valence electrons. The van der Waals surface area contributed by atoms with Gasteiger partial charge in [-0.25, -0.2) is 4.98 Å². The van der Waals surface area contributed by atoms with E-state index in [1.54, 1.807) is 18.2 Å². The molecule has 2 aromatic heterocycles. The Labute approximate surface area is 192 Å². The zero-order chi connectivity index (χ0) is 23.0. The number of hydrogen-bond donors (Lipinski definition) is 2. The molecule has 0 bridgehead atoms. The molecule has 2 amide bonds. The van der Waals surface area contributed by atoms with Crippen LogP contribution in [0.3, 0.4) is 0 Å². The third-order valence-electron chi connectivity index (χ3n) is 5.21. The molecule has 0 unspecified atom stereocenters. The monoisotopic (exact) mass is 442 g/mol. The van der Waals surface area contributed by atoms with Gasteiger partial charge in [-0.2, -0.15) is 0 Å². The summed E-state index contributed by atoms with van der Waals surface area (Å²) in [5, 5.41) is 5.65. The molecule has 4 rings (SSSR count). The third-order valence-corrected chi connectivity index (χ3v) is 5.21. The zero-order valence-corrected chi connectivity index (χ0v) is 18.5. The van der Waals surface area contributed by atoms with Gasteiger partial charge in [0.25, 0.3) is 5.91 Å². The molecule has 0 aliphatic rings. The molecule has 33 heavy (non-hydrogen) atoms. The fourth-order valence-corrected chi connectivity index (χ4v) is 3.48. The molecule has 0 atom stereocenters. The number of para-hydroxylation sites is 1. The Bertz CT molecular complexity index is 1250. The van der Waals surface area contributed by atoms with Gasteiger partial charge in [-0.1, -0.05) is 48.5 Å². The van der Waals surface area contributed by atoms with E-state index in [0.717, 1.165) is 22.5 Å². The first-order valence-electron chi connectivity index (χ1n) is 10.8. The third kappa shape index (κ3) is 5.77. The number of aryl methyl sites for hydroxylation is 1. The van der Waals surface area contributed by atoms with Crippen molar-refractivity contribution in [1.82, 2.24) is 20.0 Å². The number of nitrogens with one attached hydrogen (secondary N) is 2. The lowest BCUT2D eigenvalue weighted by atomic mass is 10.2. The summed E-state index contributed by atoms with van der Waals surface area (Å²) < 4.78 is 7.87. The highest BCUT2D eigenvalue weighted by Gasteiger charge is 2.13. The number of nitrogens with zero attached hydrogens (tertiary/aromatic N) is 2. The maximum absolute atomic E-state index is 12.7. The van der Waals surface area contributed by atoms with E-state index in [2.05, 4.69) is 15.6 Å². The summed E-state index contributed by atoms with van der Waals surface area (Å²) in [6, 6.07) is 20.7. The van der Waals surface area contributed by atoms with E-state index in [4.69, 9.17) is 4.74 Å². The number of pyridine rings is 1. The van der Waals surface area contributed by atoms with Crippen LogP contribution in [-0.2, 0) is 17.9 Å². The van der Waals surface area contributed by atoms with E-state index >= 15 is 0 Å². The van der Waals surface area contributed by atoms with Gasteiger partial charge in [0.2, 0.25) is 5.91 Å². The molecular weight excluding hydrogens is 416 g/mol. The second-order valence-corrected chi connectivity index (χ2v) is 7.71. The normalized spacial score (nSPS) is 10.7. The van der Waals surface area contributed by atoms with Crippen molar-refractivity contribution in [2.24, 2.45) is 0 Å². The smallest absolute Gasteiger partial charge is 0.255 e. The van der Waals surface area contributed by atoms with Crippen molar-refractivity contribution in [3.05, 3.63) is 102 Å². The topological polar surface area (TPSA) is 84.7 Å². The highest BCUT2D eigenvalue weighted by Crippen LogP contribution is 2.20. The van der Waals surface area contributed by atoms with Gasteiger partial charge in [0.1, 0.15) is 18.0 Å². The standard InChI is InChI=1S/C26H26N4O3/c1-19-8-7-15-30-17-21(29-25(19)30)18-33-23-12-6-5-11-22(23)26(32)27-14-13-24(31)28-16-20-9-3-2-4-10-20/h2-12,15,17H,13-14,16,18H2,1H3,(H,27,32)(H,28,31). The summed E-state index contributed by atoms with van der Waals surface area (Å²) in [6.07, 6.45) is 4.05. The number of ether oxygens (including phenoxy) is 1. The molecule has 2 heterocycles. The largest absolute Gasteiger partial charge is 0.486 e. The predicted octanol–water partition coefficient (Wildman–Crippen LogP) is 3.66. The number of carbonyl (C=O) groups is 2. The summed E-state index contributed by atoms with van der Waals surface area (Å²) in [5.41, 5.74) is 4.18. The van der Waals surface area contributed by atoms with Gasteiger partial charge in [-0.05, 0) is 36.2 Å². The number of imidazole rings is 1. The SMILES string of the molecule is Cc1cccn2cc(COc3ccccc3C(=O)NCCC(=O)NCc3ccccc3)nc12. The fraction of sp³-hybridized carbons (Fsp3) is 0.192. The van der Waals surface area contributed by atoms with Crippen molar-refractivity contribution >= 4 is 17.5 Å². The van der Waals surface area contributed by atoms with E-state index in [9.17, 15) is 9.59 Å². The van der Waals surface area contributed by atoms with Crippen LogP contribution in [0.25, 0.3) is 5.65 Å². The summed E-state index contributed by atoms with van der Waals surface area (Å²) in [7, 11) is 0. The fourth-order valence-electron chi connectivity index (χ4n) is 3.48. The molecule has 2 N–H and O–H groups in total. The van der Waals surface area contributed by atoms with E-state index in [-0.39, 0.29) is 31.4 Å². The molecular formula is C26H26N4O3. The first-order chi connectivity index (χ1) is 16.1. The van der Waals surface area contributed by atoms with Gasteiger partial charge < -0.3 is 19.8 Å². The zero-order valence-electron chi connectivity index (χ0n) is 18.5. The minimum absolute atomic E-state index is 0.120. The first kappa shape index (κ1) is 22.1. The van der Waals surface area contributed by atoms with Crippen LogP contribution in [0.4, 0.5) is 0 Å². The van der Waals surface area contributed by atoms with Gasteiger partial charge in [-0.15, -0.1) is 0 Å². The highest BCUT2D eigenvalue weighted by molar-refractivity contribution is 5.97. The number of fused-ring (bicyclic) bond motifs is 1. The van der Waals surface area contributed by atoms with Crippen molar-refractivity contribution in [2.45, 2.75) is 26.5 Å². The molecule has 0 aliphatic heterocycles. The lowest BCUT2D eigenvalue weighted by molar-refractivity contribution is -0.121. The number of carbonyl (C=O) groups excluding carboxylic acids is 2. The van der Waals surface area contributed by atoms with E-state index in [1.807, 2.05) is 72.2 Å². The van der Waals surface area contributed by atoms with Gasteiger partial charge in [-0.3, -0.25) is 9.59 Å². The van der Waals surface area contributed by atoms with Crippen LogP contribution in [-0.4, -0.2) is 27.7 Å². The Morgan fingerprint density at radius 1 is 0.970 bits per heavy atom. The Morgan fingerprint density at radius 3 is 2.58 bits per heavy atom. The molecule has 0 saturated heterocycles. The molecule has 0 aliphatic carbocycles. The van der Waals surface area contributed by atoms with Gasteiger partial charge in [0.05, 0.1) is 11.3 Å². The van der Waals surface area contributed by atoms with E-state index in [1.165, 1.54) is 0 Å². The van der Waals surface area contributed by atoms with Crippen LogP contribution in [0.15, 0.2) is 79.1 Å². The van der Waals surface area contributed by atoms with Crippen molar-refractivity contribution in [3.63, 3.8) is 0 Å². The summed E-state index contributed by atoms with van der Waals surface area (Å²) in [5.74, 6) is 0.0652. The maximum Gasteiger partial charge on any atom is 0.255 e. The van der Waals surface area contributed by atoms with Crippen LogP contribution in [0.1, 0.15) is 33.6 Å². The lowest BCUT2D eigenvalue weighted by Gasteiger charge is -2.11. The van der Waals surface area contributed by atoms with Crippen LogP contribution in [0, 0.1) is 6.92 Å². The van der Waals surface area contributed by atoms with Crippen LogP contribution in [0.5, 0.6) is 5.75 Å². The Hall–Kier alpha value is -4.13. The second-order valence-electron chi connectivity index (χ2n) is 7.71. The quantitative estimate of drug-likeness (QED) is 0.414. The Morgan fingerprint density at radius 2 is 1.76 bits per heavy atom. The first-order valence-corrected chi connectivity index (χ1v) is 10.8.